The average Bonchev–Trinajstić information content (AvgIpc) is 3.10. The molecule has 0 aliphatic carbocycles. The topological polar surface area (TPSA) is 48.9 Å². The van der Waals surface area contributed by atoms with Gasteiger partial charge in [-0.1, -0.05) is 42.5 Å². The van der Waals surface area contributed by atoms with Gasteiger partial charge in [-0.15, -0.1) is 0 Å². The summed E-state index contributed by atoms with van der Waals surface area (Å²) in [6.45, 7) is 3.46. The molecule has 0 aliphatic rings. The lowest BCUT2D eigenvalue weighted by atomic mass is 9.89. The fraction of sp³-hybridized carbons (Fsp3) is 0.174. The number of rotatable bonds is 3. The molecule has 0 fully saturated rings. The van der Waals surface area contributed by atoms with E-state index in [1.165, 1.54) is 6.07 Å². The van der Waals surface area contributed by atoms with E-state index in [0.29, 0.717) is 22.4 Å². The SMILES string of the molecule is CC(C)(O)c1ccccc1-c1ccc2nc(-c3cccc(C(F)(F)F)c3)[nH]c2c1. The number of hydrogen-bond acceptors (Lipinski definition) is 2. The van der Waals surface area contributed by atoms with Crippen LogP contribution in [0.2, 0.25) is 0 Å². The van der Waals surface area contributed by atoms with Crippen molar-refractivity contribution in [3.8, 4) is 22.5 Å². The first-order chi connectivity index (χ1) is 13.6. The summed E-state index contributed by atoms with van der Waals surface area (Å²) in [6, 6.07) is 18.3. The molecule has 0 aliphatic heterocycles. The molecule has 1 heterocycles. The number of alkyl halides is 3. The molecule has 148 valence electrons. The van der Waals surface area contributed by atoms with Crippen molar-refractivity contribution >= 4 is 11.0 Å². The summed E-state index contributed by atoms with van der Waals surface area (Å²) in [6.07, 6.45) is -4.41. The third-order valence-corrected chi connectivity index (χ3v) is 4.84. The number of hydrogen-bond donors (Lipinski definition) is 2. The van der Waals surface area contributed by atoms with Crippen LogP contribution < -0.4 is 0 Å². The van der Waals surface area contributed by atoms with E-state index in [1.54, 1.807) is 19.9 Å². The standard InChI is InChI=1S/C23H19F3N2O/c1-22(2,29)18-9-4-3-8-17(18)14-10-11-19-20(13-14)28-21(27-19)15-6-5-7-16(12-15)23(24,25)26/h3-13,29H,1-2H3,(H,27,28). The third kappa shape index (κ3) is 3.76. The van der Waals surface area contributed by atoms with Gasteiger partial charge in [-0.05, 0) is 54.8 Å². The van der Waals surface area contributed by atoms with Gasteiger partial charge in [-0.2, -0.15) is 13.2 Å². The zero-order valence-corrected chi connectivity index (χ0v) is 15.9. The molecule has 1 aromatic heterocycles. The lowest BCUT2D eigenvalue weighted by Crippen LogP contribution is -2.16. The van der Waals surface area contributed by atoms with Gasteiger partial charge in [-0.3, -0.25) is 0 Å². The molecule has 4 rings (SSSR count). The highest BCUT2D eigenvalue weighted by Gasteiger charge is 2.30. The molecule has 6 heteroatoms. The van der Waals surface area contributed by atoms with Gasteiger partial charge >= 0.3 is 6.18 Å². The Hall–Kier alpha value is -3.12. The maximum absolute atomic E-state index is 13.0. The van der Waals surface area contributed by atoms with E-state index in [9.17, 15) is 18.3 Å². The molecule has 0 saturated carbocycles. The van der Waals surface area contributed by atoms with Crippen LogP contribution in [-0.2, 0) is 11.8 Å². The van der Waals surface area contributed by atoms with Crippen molar-refractivity contribution in [2.24, 2.45) is 0 Å². The van der Waals surface area contributed by atoms with Gasteiger partial charge in [0.1, 0.15) is 5.82 Å². The van der Waals surface area contributed by atoms with Crippen LogP contribution in [0.15, 0.2) is 66.7 Å². The number of benzene rings is 3. The van der Waals surface area contributed by atoms with Crippen molar-refractivity contribution in [2.45, 2.75) is 25.6 Å². The fourth-order valence-electron chi connectivity index (χ4n) is 3.43. The van der Waals surface area contributed by atoms with Crippen molar-refractivity contribution in [2.75, 3.05) is 0 Å². The Labute approximate surface area is 165 Å². The Morgan fingerprint density at radius 3 is 2.34 bits per heavy atom. The number of aliphatic hydroxyl groups is 1. The highest BCUT2D eigenvalue weighted by Crippen LogP contribution is 2.34. The van der Waals surface area contributed by atoms with Crippen molar-refractivity contribution in [1.29, 1.82) is 0 Å². The maximum atomic E-state index is 13.0. The number of aromatic amines is 1. The molecular weight excluding hydrogens is 377 g/mol. The van der Waals surface area contributed by atoms with Crippen LogP contribution in [0.4, 0.5) is 13.2 Å². The number of nitrogens with zero attached hydrogens (tertiary/aromatic N) is 1. The second kappa shape index (κ2) is 6.74. The summed E-state index contributed by atoms with van der Waals surface area (Å²) in [4.78, 5) is 7.56. The van der Waals surface area contributed by atoms with Crippen molar-refractivity contribution < 1.29 is 18.3 Å². The number of fused-ring (bicyclic) bond motifs is 1. The van der Waals surface area contributed by atoms with E-state index in [-0.39, 0.29) is 0 Å². The van der Waals surface area contributed by atoms with Crippen LogP contribution in [0, 0.1) is 0 Å². The quantitative estimate of drug-likeness (QED) is 0.437. The zero-order valence-electron chi connectivity index (χ0n) is 15.9. The molecule has 3 aromatic carbocycles. The van der Waals surface area contributed by atoms with Crippen LogP contribution in [0.1, 0.15) is 25.0 Å². The number of halogens is 3. The zero-order chi connectivity index (χ0) is 20.8. The molecule has 29 heavy (non-hydrogen) atoms. The van der Waals surface area contributed by atoms with E-state index in [2.05, 4.69) is 9.97 Å². The Balaban J connectivity index is 1.79. The summed E-state index contributed by atoms with van der Waals surface area (Å²) in [5.41, 5.74) is 2.57. The monoisotopic (exact) mass is 396 g/mol. The summed E-state index contributed by atoms with van der Waals surface area (Å²) < 4.78 is 39.0. The Kier molecular flexibility index (Phi) is 4.46. The molecule has 0 saturated heterocycles. The molecule has 0 spiro atoms. The first-order valence-electron chi connectivity index (χ1n) is 9.12. The number of aromatic nitrogens is 2. The minimum Gasteiger partial charge on any atom is -0.386 e. The average molecular weight is 396 g/mol. The molecule has 0 radical (unpaired) electrons. The predicted molar refractivity (Wildman–Crippen MR) is 107 cm³/mol. The lowest BCUT2D eigenvalue weighted by molar-refractivity contribution is -0.137. The largest absolute Gasteiger partial charge is 0.416 e. The van der Waals surface area contributed by atoms with Crippen molar-refractivity contribution in [1.82, 2.24) is 9.97 Å². The highest BCUT2D eigenvalue weighted by molar-refractivity contribution is 5.85. The summed E-state index contributed by atoms with van der Waals surface area (Å²) in [5.74, 6) is 0.374. The van der Waals surface area contributed by atoms with Crippen LogP contribution in [0.5, 0.6) is 0 Å². The van der Waals surface area contributed by atoms with E-state index in [4.69, 9.17) is 0 Å². The van der Waals surface area contributed by atoms with E-state index >= 15 is 0 Å². The van der Waals surface area contributed by atoms with Crippen LogP contribution in [-0.4, -0.2) is 15.1 Å². The lowest BCUT2D eigenvalue weighted by Gasteiger charge is -2.21. The van der Waals surface area contributed by atoms with Gasteiger partial charge in [0.05, 0.1) is 22.2 Å². The predicted octanol–water partition coefficient (Wildman–Crippen LogP) is 6.14. The van der Waals surface area contributed by atoms with Gasteiger partial charge in [0.25, 0.3) is 0 Å². The number of imidazole rings is 1. The van der Waals surface area contributed by atoms with E-state index in [1.807, 2.05) is 42.5 Å². The van der Waals surface area contributed by atoms with Gasteiger partial charge in [0.15, 0.2) is 0 Å². The molecule has 4 aromatic rings. The molecule has 0 bridgehead atoms. The van der Waals surface area contributed by atoms with E-state index in [0.717, 1.165) is 28.8 Å². The van der Waals surface area contributed by atoms with Gasteiger partial charge in [-0.25, -0.2) is 4.98 Å². The second-order valence-corrected chi connectivity index (χ2v) is 7.50. The molecule has 0 unspecified atom stereocenters. The highest BCUT2D eigenvalue weighted by atomic mass is 19.4. The van der Waals surface area contributed by atoms with Gasteiger partial charge < -0.3 is 10.1 Å². The molecular formula is C23H19F3N2O. The summed E-state index contributed by atoms with van der Waals surface area (Å²) in [7, 11) is 0. The molecule has 3 nitrogen and oxygen atoms in total. The molecule has 0 atom stereocenters. The summed E-state index contributed by atoms with van der Waals surface area (Å²) in [5, 5.41) is 10.5. The minimum atomic E-state index is -4.41. The van der Waals surface area contributed by atoms with Crippen molar-refractivity contribution in [3.63, 3.8) is 0 Å². The smallest absolute Gasteiger partial charge is 0.386 e. The second-order valence-electron chi connectivity index (χ2n) is 7.50. The Morgan fingerprint density at radius 1 is 0.862 bits per heavy atom. The van der Waals surface area contributed by atoms with Crippen LogP contribution in [0.25, 0.3) is 33.5 Å². The maximum Gasteiger partial charge on any atom is 0.416 e. The molecule has 2 N–H and O–H groups in total. The van der Waals surface area contributed by atoms with Crippen LogP contribution in [0.3, 0.4) is 0 Å². The van der Waals surface area contributed by atoms with Gasteiger partial charge in [0, 0.05) is 5.56 Å². The Bertz CT molecular complexity index is 1190. The van der Waals surface area contributed by atoms with E-state index < -0.39 is 17.3 Å². The Morgan fingerprint density at radius 2 is 1.62 bits per heavy atom. The first-order valence-corrected chi connectivity index (χ1v) is 9.12. The fourth-order valence-corrected chi connectivity index (χ4v) is 3.43. The van der Waals surface area contributed by atoms with Crippen molar-refractivity contribution in [3.05, 3.63) is 77.9 Å². The normalized spacial score (nSPS) is 12.5. The summed E-state index contributed by atoms with van der Waals surface area (Å²) >= 11 is 0. The first kappa shape index (κ1) is 19.2. The molecule has 0 amide bonds. The number of H-pyrrole nitrogens is 1. The van der Waals surface area contributed by atoms with Gasteiger partial charge in [0.2, 0.25) is 0 Å². The third-order valence-electron chi connectivity index (χ3n) is 4.84. The number of nitrogens with one attached hydrogen (secondary N) is 1. The van der Waals surface area contributed by atoms with Crippen LogP contribution >= 0.6 is 0 Å². The minimum absolute atomic E-state index is 0.370.